The van der Waals surface area contributed by atoms with Crippen molar-refractivity contribution in [3.05, 3.63) is 64.7 Å². The molecule has 0 radical (unpaired) electrons. The Morgan fingerprint density at radius 1 is 1.18 bits per heavy atom. The highest BCUT2D eigenvalue weighted by atomic mass is 35.5. The molecule has 22 heavy (non-hydrogen) atoms. The van der Waals surface area contributed by atoms with Gasteiger partial charge in [-0.05, 0) is 31.5 Å². The number of rotatable bonds is 5. The molecule has 0 aliphatic rings. The van der Waals surface area contributed by atoms with E-state index in [0.717, 1.165) is 11.3 Å². The van der Waals surface area contributed by atoms with Crippen molar-refractivity contribution in [1.82, 2.24) is 5.43 Å². The van der Waals surface area contributed by atoms with E-state index in [4.69, 9.17) is 16.3 Å². The fraction of sp³-hybridized carbons (Fsp3) is 0.176. The van der Waals surface area contributed by atoms with Crippen LogP contribution in [0, 0.1) is 6.92 Å². The number of carbonyl (C=O) groups excluding carboxylic acids is 1. The number of nitrogens with one attached hydrogen (secondary N) is 1. The summed E-state index contributed by atoms with van der Waals surface area (Å²) in [5, 5.41) is 4.53. The molecule has 114 valence electrons. The van der Waals surface area contributed by atoms with Crippen LogP contribution in [0.1, 0.15) is 18.1 Å². The first-order valence-corrected chi connectivity index (χ1v) is 7.21. The van der Waals surface area contributed by atoms with Crippen LogP contribution in [0.15, 0.2) is 53.6 Å². The Kier molecular flexibility index (Phi) is 5.55. The maximum Gasteiger partial charge on any atom is 0.277 e. The van der Waals surface area contributed by atoms with Gasteiger partial charge in [0, 0.05) is 0 Å². The lowest BCUT2D eigenvalue weighted by Crippen LogP contribution is -2.25. The summed E-state index contributed by atoms with van der Waals surface area (Å²) in [6.07, 6.45) is 0. The molecule has 0 aromatic heterocycles. The Morgan fingerprint density at radius 2 is 1.86 bits per heavy atom. The predicted octanol–water partition coefficient (Wildman–Crippen LogP) is 3.57. The Bertz CT molecular complexity index is 681. The van der Waals surface area contributed by atoms with Gasteiger partial charge in [-0.15, -0.1) is 0 Å². The Hall–Kier alpha value is -2.33. The van der Waals surface area contributed by atoms with Crippen LogP contribution in [0.4, 0.5) is 0 Å². The van der Waals surface area contributed by atoms with Crippen molar-refractivity contribution in [2.45, 2.75) is 13.8 Å². The van der Waals surface area contributed by atoms with Crippen molar-refractivity contribution in [2.24, 2.45) is 5.10 Å². The number of nitrogens with zero attached hydrogens (tertiary/aromatic N) is 1. The average molecular weight is 317 g/mol. The third-order valence-electron chi connectivity index (χ3n) is 3.01. The molecule has 2 aromatic carbocycles. The number of hydrogen-bond acceptors (Lipinski definition) is 3. The lowest BCUT2D eigenvalue weighted by atomic mass is 10.1. The van der Waals surface area contributed by atoms with E-state index in [9.17, 15) is 4.79 Å². The van der Waals surface area contributed by atoms with Crippen molar-refractivity contribution >= 4 is 23.2 Å². The molecule has 0 bridgehead atoms. The number of para-hydroxylation sites is 1. The monoisotopic (exact) mass is 316 g/mol. The smallest absolute Gasteiger partial charge is 0.277 e. The average Bonchev–Trinajstić information content (AvgIpc) is 2.52. The van der Waals surface area contributed by atoms with E-state index in [2.05, 4.69) is 10.5 Å². The summed E-state index contributed by atoms with van der Waals surface area (Å²) in [5.41, 5.74) is 5.33. The molecule has 2 rings (SSSR count). The zero-order valence-corrected chi connectivity index (χ0v) is 13.2. The summed E-state index contributed by atoms with van der Waals surface area (Å²) in [5.74, 6) is 0.130. The number of halogens is 1. The Balaban J connectivity index is 1.88. The maximum absolute atomic E-state index is 11.7. The maximum atomic E-state index is 11.7. The molecule has 0 atom stereocenters. The Labute approximate surface area is 134 Å². The van der Waals surface area contributed by atoms with E-state index < -0.39 is 0 Å². The fourth-order valence-corrected chi connectivity index (χ4v) is 1.93. The number of hydrogen-bond donors (Lipinski definition) is 1. The SMILES string of the molecule is CC(=NNC(=O)COc1ccccc1Cl)c1ccc(C)cc1. The minimum atomic E-state index is -0.341. The molecular formula is C17H17ClN2O2. The first-order chi connectivity index (χ1) is 10.6. The zero-order valence-electron chi connectivity index (χ0n) is 12.5. The van der Waals surface area contributed by atoms with Gasteiger partial charge in [0.1, 0.15) is 5.75 Å². The molecule has 1 N–H and O–H groups in total. The Morgan fingerprint density at radius 3 is 2.55 bits per heavy atom. The highest BCUT2D eigenvalue weighted by Crippen LogP contribution is 2.22. The summed E-state index contributed by atoms with van der Waals surface area (Å²) in [7, 11) is 0. The predicted molar refractivity (Wildman–Crippen MR) is 88.5 cm³/mol. The van der Waals surface area contributed by atoms with E-state index in [0.29, 0.717) is 10.8 Å². The molecule has 0 saturated carbocycles. The number of amides is 1. The van der Waals surface area contributed by atoms with E-state index in [1.807, 2.05) is 38.1 Å². The summed E-state index contributed by atoms with van der Waals surface area (Å²) in [6, 6.07) is 14.9. The number of hydrazone groups is 1. The number of ether oxygens (including phenoxy) is 1. The van der Waals surface area contributed by atoms with Crippen LogP contribution in [0.25, 0.3) is 0 Å². The van der Waals surface area contributed by atoms with Crippen LogP contribution in [0.5, 0.6) is 5.75 Å². The standard InChI is InChI=1S/C17H17ClN2O2/c1-12-7-9-14(10-8-12)13(2)19-20-17(21)11-22-16-6-4-3-5-15(16)18/h3-10H,11H2,1-2H3,(H,20,21). The second-order valence-corrected chi connectivity index (χ2v) is 5.22. The molecular weight excluding hydrogens is 300 g/mol. The summed E-state index contributed by atoms with van der Waals surface area (Å²) < 4.78 is 5.34. The fourth-order valence-electron chi connectivity index (χ4n) is 1.74. The van der Waals surface area contributed by atoms with Gasteiger partial charge < -0.3 is 4.74 Å². The van der Waals surface area contributed by atoms with E-state index >= 15 is 0 Å². The number of benzene rings is 2. The second kappa shape index (κ2) is 7.61. The largest absolute Gasteiger partial charge is 0.482 e. The van der Waals surface area contributed by atoms with Gasteiger partial charge in [-0.3, -0.25) is 4.79 Å². The van der Waals surface area contributed by atoms with E-state index in [1.165, 1.54) is 5.56 Å². The van der Waals surface area contributed by atoms with Gasteiger partial charge >= 0.3 is 0 Å². The van der Waals surface area contributed by atoms with Crippen molar-refractivity contribution in [3.8, 4) is 5.75 Å². The van der Waals surface area contributed by atoms with E-state index in [-0.39, 0.29) is 12.5 Å². The second-order valence-electron chi connectivity index (χ2n) is 4.82. The molecule has 0 heterocycles. The molecule has 0 unspecified atom stereocenters. The van der Waals surface area contributed by atoms with Gasteiger partial charge in [0.25, 0.3) is 5.91 Å². The van der Waals surface area contributed by atoms with Gasteiger partial charge in [-0.25, -0.2) is 5.43 Å². The normalized spacial score (nSPS) is 11.1. The van der Waals surface area contributed by atoms with Gasteiger partial charge in [0.2, 0.25) is 0 Å². The molecule has 1 amide bonds. The molecule has 2 aromatic rings. The molecule has 0 fully saturated rings. The van der Waals surface area contributed by atoms with Crippen molar-refractivity contribution < 1.29 is 9.53 Å². The third-order valence-corrected chi connectivity index (χ3v) is 3.33. The van der Waals surface area contributed by atoms with Crippen LogP contribution in [0.3, 0.4) is 0 Å². The molecule has 0 spiro atoms. The summed E-state index contributed by atoms with van der Waals surface area (Å²) in [6.45, 7) is 3.71. The highest BCUT2D eigenvalue weighted by molar-refractivity contribution is 6.32. The minimum Gasteiger partial charge on any atom is -0.482 e. The lowest BCUT2D eigenvalue weighted by Gasteiger charge is -2.07. The van der Waals surface area contributed by atoms with Gasteiger partial charge in [-0.1, -0.05) is 53.6 Å². The molecule has 4 nitrogen and oxygen atoms in total. The minimum absolute atomic E-state index is 0.144. The topological polar surface area (TPSA) is 50.7 Å². The highest BCUT2D eigenvalue weighted by Gasteiger charge is 2.05. The first kappa shape index (κ1) is 16.0. The van der Waals surface area contributed by atoms with Crippen molar-refractivity contribution in [3.63, 3.8) is 0 Å². The van der Waals surface area contributed by atoms with Crippen molar-refractivity contribution in [2.75, 3.05) is 6.61 Å². The number of aryl methyl sites for hydroxylation is 1. The lowest BCUT2D eigenvalue weighted by molar-refractivity contribution is -0.123. The molecule has 0 aliphatic heterocycles. The summed E-state index contributed by atoms with van der Waals surface area (Å²) in [4.78, 5) is 11.7. The quantitative estimate of drug-likeness (QED) is 0.677. The van der Waals surface area contributed by atoms with Crippen LogP contribution >= 0.6 is 11.6 Å². The van der Waals surface area contributed by atoms with E-state index in [1.54, 1.807) is 24.3 Å². The van der Waals surface area contributed by atoms with Gasteiger partial charge in [0.15, 0.2) is 6.61 Å². The van der Waals surface area contributed by atoms with Crippen LogP contribution in [-0.2, 0) is 4.79 Å². The zero-order chi connectivity index (χ0) is 15.9. The van der Waals surface area contributed by atoms with Crippen molar-refractivity contribution in [1.29, 1.82) is 0 Å². The van der Waals surface area contributed by atoms with Crippen LogP contribution < -0.4 is 10.2 Å². The van der Waals surface area contributed by atoms with Crippen LogP contribution in [-0.4, -0.2) is 18.2 Å². The third kappa shape index (κ3) is 4.60. The summed E-state index contributed by atoms with van der Waals surface area (Å²) >= 11 is 5.94. The molecule has 5 heteroatoms. The molecule has 0 aliphatic carbocycles. The first-order valence-electron chi connectivity index (χ1n) is 6.84. The van der Waals surface area contributed by atoms with Gasteiger partial charge in [-0.2, -0.15) is 5.10 Å². The molecule has 0 saturated heterocycles. The number of carbonyl (C=O) groups is 1. The van der Waals surface area contributed by atoms with Crippen LogP contribution in [0.2, 0.25) is 5.02 Å². The van der Waals surface area contributed by atoms with Gasteiger partial charge in [0.05, 0.1) is 10.7 Å².